The quantitative estimate of drug-likeness (QED) is 0.810. The van der Waals surface area contributed by atoms with Gasteiger partial charge in [-0.2, -0.15) is 0 Å². The van der Waals surface area contributed by atoms with Crippen molar-refractivity contribution in [1.82, 2.24) is 4.90 Å². The van der Waals surface area contributed by atoms with Crippen molar-refractivity contribution in [3.8, 4) is 5.75 Å². The maximum Gasteiger partial charge on any atom is 0.257 e. The molecular weight excluding hydrogens is 338 g/mol. The molecule has 0 saturated carbocycles. The van der Waals surface area contributed by atoms with E-state index in [1.54, 1.807) is 25.2 Å². The number of ether oxygens (including phenoxy) is 1. The summed E-state index contributed by atoms with van der Waals surface area (Å²) in [4.78, 5) is 14.1. The Bertz CT molecular complexity index is 687. The van der Waals surface area contributed by atoms with Crippen LogP contribution in [0.25, 0.3) is 0 Å². The Labute approximate surface area is 142 Å². The smallest absolute Gasteiger partial charge is 0.257 e. The molecule has 1 atom stereocenters. The van der Waals surface area contributed by atoms with Gasteiger partial charge >= 0.3 is 0 Å². The van der Waals surface area contributed by atoms with E-state index in [1.165, 1.54) is 4.90 Å². The highest BCUT2D eigenvalue weighted by Gasteiger charge is 2.33. The van der Waals surface area contributed by atoms with Crippen LogP contribution in [-0.2, 0) is 9.84 Å². The lowest BCUT2D eigenvalue weighted by atomic mass is 10.1. The first kappa shape index (κ1) is 18.1. The molecule has 5 nitrogen and oxygen atoms in total. The summed E-state index contributed by atoms with van der Waals surface area (Å²) in [5.41, 5.74) is 0.351. The lowest BCUT2D eigenvalue weighted by Crippen LogP contribution is -2.36. The van der Waals surface area contributed by atoms with E-state index in [-0.39, 0.29) is 24.3 Å². The summed E-state index contributed by atoms with van der Waals surface area (Å²) in [6.07, 6.45) is 1.18. The summed E-state index contributed by atoms with van der Waals surface area (Å²) in [5, 5.41) is -0.0450. The Balaban J connectivity index is 2.20. The molecule has 23 heavy (non-hydrogen) atoms. The third-order valence-electron chi connectivity index (χ3n) is 3.82. The molecule has 1 saturated heterocycles. The van der Waals surface area contributed by atoms with Crippen LogP contribution in [0.1, 0.15) is 37.0 Å². The number of hydrogen-bond donors (Lipinski definition) is 0. The zero-order chi connectivity index (χ0) is 17.2. The molecule has 0 radical (unpaired) electrons. The third-order valence-corrected chi connectivity index (χ3v) is 6.32. The number of carbonyl (C=O) groups is 1. The van der Waals surface area contributed by atoms with Gasteiger partial charge in [0, 0.05) is 18.6 Å². The minimum absolute atomic E-state index is 0.0803. The van der Waals surface area contributed by atoms with Crippen molar-refractivity contribution in [3.63, 3.8) is 0 Å². The molecule has 1 fully saturated rings. The predicted octanol–water partition coefficient (Wildman–Crippen LogP) is 2.78. The molecule has 1 amide bonds. The number of halogens is 1. The van der Waals surface area contributed by atoms with Gasteiger partial charge in [-0.1, -0.05) is 11.6 Å². The SMILES string of the molecule is CC(C)Oc1ccc(Cl)cc1C(=O)N(C)CC1CCCS1(=O)=O. The molecule has 1 aromatic rings. The summed E-state index contributed by atoms with van der Waals surface area (Å²) >= 11 is 6.00. The molecule has 0 aliphatic carbocycles. The molecule has 7 heteroatoms. The van der Waals surface area contributed by atoms with Crippen LogP contribution in [0.3, 0.4) is 0 Å². The standard InChI is InChI=1S/C16H22ClNO4S/c1-11(2)22-15-7-6-12(17)9-14(15)16(19)18(3)10-13-5-4-8-23(13,20)21/h6-7,9,11,13H,4-5,8,10H2,1-3H3. The van der Waals surface area contributed by atoms with Crippen LogP contribution in [-0.4, -0.2) is 49.9 Å². The summed E-state index contributed by atoms with van der Waals surface area (Å²) in [6.45, 7) is 3.93. The highest BCUT2D eigenvalue weighted by atomic mass is 35.5. The van der Waals surface area contributed by atoms with Crippen molar-refractivity contribution in [2.75, 3.05) is 19.3 Å². The third kappa shape index (κ3) is 4.38. The number of amides is 1. The maximum absolute atomic E-state index is 12.7. The molecule has 1 heterocycles. The zero-order valence-corrected chi connectivity index (χ0v) is 15.2. The van der Waals surface area contributed by atoms with Gasteiger partial charge in [-0.15, -0.1) is 0 Å². The first-order valence-corrected chi connectivity index (χ1v) is 9.73. The van der Waals surface area contributed by atoms with E-state index in [0.717, 1.165) is 0 Å². The summed E-state index contributed by atoms with van der Waals surface area (Å²) < 4.78 is 29.5. The fourth-order valence-corrected chi connectivity index (χ4v) is 4.73. The van der Waals surface area contributed by atoms with Gasteiger partial charge in [0.15, 0.2) is 9.84 Å². The topological polar surface area (TPSA) is 63.7 Å². The van der Waals surface area contributed by atoms with Crippen LogP contribution in [0.5, 0.6) is 5.75 Å². The van der Waals surface area contributed by atoms with Crippen LogP contribution >= 0.6 is 11.6 Å². The monoisotopic (exact) mass is 359 g/mol. The highest BCUT2D eigenvalue weighted by molar-refractivity contribution is 7.92. The predicted molar refractivity (Wildman–Crippen MR) is 91.0 cm³/mol. The molecule has 0 N–H and O–H groups in total. The Morgan fingerprint density at radius 2 is 2.13 bits per heavy atom. The molecule has 1 unspecified atom stereocenters. The van der Waals surface area contributed by atoms with Gasteiger partial charge in [0.2, 0.25) is 0 Å². The fraction of sp³-hybridized carbons (Fsp3) is 0.562. The number of benzene rings is 1. The van der Waals surface area contributed by atoms with Crippen molar-refractivity contribution >= 4 is 27.3 Å². The van der Waals surface area contributed by atoms with Crippen LogP contribution < -0.4 is 4.74 Å². The van der Waals surface area contributed by atoms with Crippen LogP contribution in [0.4, 0.5) is 0 Å². The van der Waals surface area contributed by atoms with E-state index >= 15 is 0 Å². The van der Waals surface area contributed by atoms with Gasteiger partial charge < -0.3 is 9.64 Å². The van der Waals surface area contributed by atoms with Crippen molar-refractivity contribution < 1.29 is 17.9 Å². The molecule has 0 bridgehead atoms. The van der Waals surface area contributed by atoms with Gasteiger partial charge in [-0.05, 0) is 44.9 Å². The van der Waals surface area contributed by atoms with E-state index in [2.05, 4.69) is 0 Å². The summed E-state index contributed by atoms with van der Waals surface area (Å²) in [7, 11) is -1.48. The Hall–Kier alpha value is -1.27. The molecule has 0 spiro atoms. The van der Waals surface area contributed by atoms with Gasteiger partial charge in [0.25, 0.3) is 5.91 Å². The summed E-state index contributed by atoms with van der Waals surface area (Å²) in [5.74, 6) is 0.374. The molecule has 1 aliphatic heterocycles. The number of sulfone groups is 1. The molecular formula is C16H22ClNO4S. The van der Waals surface area contributed by atoms with E-state index in [0.29, 0.717) is 29.2 Å². The van der Waals surface area contributed by atoms with Crippen molar-refractivity contribution in [2.45, 2.75) is 38.0 Å². The van der Waals surface area contributed by atoms with Crippen molar-refractivity contribution in [1.29, 1.82) is 0 Å². The molecule has 0 aromatic heterocycles. The first-order chi connectivity index (χ1) is 10.7. The van der Waals surface area contributed by atoms with Crippen molar-refractivity contribution in [3.05, 3.63) is 28.8 Å². The minimum atomic E-state index is -3.09. The Kier molecular flexibility index (Phi) is 5.57. The zero-order valence-electron chi connectivity index (χ0n) is 13.6. The Morgan fingerprint density at radius 3 is 2.70 bits per heavy atom. The average Bonchev–Trinajstić information content (AvgIpc) is 2.78. The van der Waals surface area contributed by atoms with Gasteiger partial charge in [-0.3, -0.25) is 4.79 Å². The van der Waals surface area contributed by atoms with Crippen LogP contribution in [0, 0.1) is 0 Å². The second kappa shape index (κ2) is 7.09. The van der Waals surface area contributed by atoms with Gasteiger partial charge in [0.1, 0.15) is 5.75 Å². The molecule has 2 rings (SSSR count). The normalized spacial score (nSPS) is 19.8. The van der Waals surface area contributed by atoms with E-state index in [9.17, 15) is 13.2 Å². The van der Waals surface area contributed by atoms with E-state index < -0.39 is 15.1 Å². The lowest BCUT2D eigenvalue weighted by Gasteiger charge is -2.22. The molecule has 1 aromatic carbocycles. The molecule has 128 valence electrons. The van der Waals surface area contributed by atoms with Gasteiger partial charge in [0.05, 0.1) is 22.7 Å². The van der Waals surface area contributed by atoms with Crippen LogP contribution in [0.15, 0.2) is 18.2 Å². The number of rotatable bonds is 5. The van der Waals surface area contributed by atoms with Crippen LogP contribution in [0.2, 0.25) is 5.02 Å². The lowest BCUT2D eigenvalue weighted by molar-refractivity contribution is 0.0788. The first-order valence-electron chi connectivity index (χ1n) is 7.64. The highest BCUT2D eigenvalue weighted by Crippen LogP contribution is 2.26. The largest absolute Gasteiger partial charge is 0.490 e. The van der Waals surface area contributed by atoms with Crippen molar-refractivity contribution in [2.24, 2.45) is 0 Å². The number of hydrogen-bond acceptors (Lipinski definition) is 4. The number of carbonyl (C=O) groups excluding carboxylic acids is 1. The fourth-order valence-electron chi connectivity index (χ4n) is 2.68. The average molecular weight is 360 g/mol. The summed E-state index contributed by atoms with van der Waals surface area (Å²) in [6, 6.07) is 4.88. The van der Waals surface area contributed by atoms with Gasteiger partial charge in [-0.25, -0.2) is 8.42 Å². The number of nitrogens with zero attached hydrogens (tertiary/aromatic N) is 1. The minimum Gasteiger partial charge on any atom is -0.490 e. The second-order valence-electron chi connectivity index (χ2n) is 6.12. The van der Waals surface area contributed by atoms with E-state index in [1.807, 2.05) is 13.8 Å². The van der Waals surface area contributed by atoms with E-state index in [4.69, 9.17) is 16.3 Å². The molecule has 1 aliphatic rings. The maximum atomic E-state index is 12.7. The Morgan fingerprint density at radius 1 is 1.43 bits per heavy atom. The second-order valence-corrected chi connectivity index (χ2v) is 8.96.